The number of nitrogens with zero attached hydrogens (tertiary/aromatic N) is 2. The zero-order valence-corrected chi connectivity index (χ0v) is 13.1. The van der Waals surface area contributed by atoms with E-state index >= 15 is 0 Å². The van der Waals surface area contributed by atoms with Gasteiger partial charge in [0.15, 0.2) is 0 Å². The molecule has 0 N–H and O–H groups in total. The number of benzene rings is 1. The monoisotopic (exact) mass is 340 g/mol. The fourth-order valence-electron chi connectivity index (χ4n) is 2.31. The molecule has 1 fully saturated rings. The summed E-state index contributed by atoms with van der Waals surface area (Å²) < 4.78 is 0.264. The zero-order chi connectivity index (χ0) is 14.9. The number of nitro benzene ring substituents is 1. The Hall–Kier alpha value is -1.43. The number of carbonyl (C=O) groups excluding carboxylic acids is 1. The molecule has 108 valence electrons. The van der Waals surface area contributed by atoms with E-state index in [0.717, 1.165) is 12.8 Å². The van der Waals surface area contributed by atoms with Gasteiger partial charge in [-0.25, -0.2) is 0 Å². The summed E-state index contributed by atoms with van der Waals surface area (Å²) in [6, 6.07) is 4.56. The third kappa shape index (κ3) is 3.00. The highest BCUT2D eigenvalue weighted by atomic mass is 79.9. The molecule has 1 heterocycles. The molecule has 0 unspecified atom stereocenters. The summed E-state index contributed by atoms with van der Waals surface area (Å²) in [5, 5.41) is 10.9. The molecule has 20 heavy (non-hydrogen) atoms. The van der Waals surface area contributed by atoms with E-state index in [0.29, 0.717) is 18.7 Å². The van der Waals surface area contributed by atoms with Gasteiger partial charge in [0.05, 0.1) is 10.5 Å². The maximum Gasteiger partial charge on any atom is 0.284 e. The van der Waals surface area contributed by atoms with Crippen molar-refractivity contribution in [2.45, 2.75) is 26.7 Å². The number of rotatable bonds is 2. The summed E-state index contributed by atoms with van der Waals surface area (Å²) in [7, 11) is 0. The zero-order valence-electron chi connectivity index (χ0n) is 11.6. The van der Waals surface area contributed by atoms with Crippen molar-refractivity contribution in [2.75, 3.05) is 13.1 Å². The van der Waals surface area contributed by atoms with Crippen molar-refractivity contribution in [3.63, 3.8) is 0 Å². The van der Waals surface area contributed by atoms with Crippen molar-refractivity contribution < 1.29 is 9.72 Å². The number of amides is 1. The Morgan fingerprint density at radius 2 is 1.95 bits per heavy atom. The van der Waals surface area contributed by atoms with Gasteiger partial charge in [-0.1, -0.05) is 19.9 Å². The number of carbonyl (C=O) groups is 1. The Morgan fingerprint density at radius 1 is 1.35 bits per heavy atom. The third-order valence-electron chi connectivity index (χ3n) is 3.81. The van der Waals surface area contributed by atoms with Crippen molar-refractivity contribution in [2.24, 2.45) is 5.41 Å². The van der Waals surface area contributed by atoms with Crippen molar-refractivity contribution in [3.8, 4) is 0 Å². The Morgan fingerprint density at radius 3 is 2.50 bits per heavy atom. The summed E-state index contributed by atoms with van der Waals surface area (Å²) >= 11 is 3.18. The lowest BCUT2D eigenvalue weighted by atomic mass is 9.82. The predicted molar refractivity (Wildman–Crippen MR) is 79.7 cm³/mol. The van der Waals surface area contributed by atoms with Crippen LogP contribution in [0.1, 0.15) is 37.0 Å². The summed E-state index contributed by atoms with van der Waals surface area (Å²) in [5.41, 5.74) is 0.545. The van der Waals surface area contributed by atoms with E-state index in [4.69, 9.17) is 0 Å². The van der Waals surface area contributed by atoms with Crippen molar-refractivity contribution in [3.05, 3.63) is 38.3 Å². The maximum atomic E-state index is 12.5. The van der Waals surface area contributed by atoms with Gasteiger partial charge in [-0.3, -0.25) is 14.9 Å². The molecule has 0 saturated carbocycles. The van der Waals surface area contributed by atoms with E-state index in [2.05, 4.69) is 29.8 Å². The summed E-state index contributed by atoms with van der Waals surface area (Å²) in [6.07, 6.45) is 1.90. The number of nitro groups is 1. The lowest BCUT2D eigenvalue weighted by Crippen LogP contribution is -2.41. The number of halogens is 1. The lowest BCUT2D eigenvalue weighted by Gasteiger charge is -2.37. The second-order valence-electron chi connectivity index (χ2n) is 5.85. The Balaban J connectivity index is 2.22. The minimum absolute atomic E-state index is 0.0758. The van der Waals surface area contributed by atoms with Gasteiger partial charge in [0.1, 0.15) is 4.47 Å². The first-order valence-corrected chi connectivity index (χ1v) is 7.33. The molecule has 6 heteroatoms. The van der Waals surface area contributed by atoms with Crippen LogP contribution < -0.4 is 0 Å². The van der Waals surface area contributed by atoms with Gasteiger partial charge < -0.3 is 4.90 Å². The molecule has 1 aromatic carbocycles. The van der Waals surface area contributed by atoms with Crippen LogP contribution >= 0.6 is 15.9 Å². The molecule has 0 aliphatic carbocycles. The molecule has 0 bridgehead atoms. The van der Waals surface area contributed by atoms with Gasteiger partial charge in [-0.05, 0) is 40.3 Å². The minimum Gasteiger partial charge on any atom is -0.339 e. The first-order chi connectivity index (χ1) is 9.32. The van der Waals surface area contributed by atoms with Crippen molar-refractivity contribution in [1.29, 1.82) is 0 Å². The molecule has 2 rings (SSSR count). The van der Waals surface area contributed by atoms with Crippen LogP contribution in [0.25, 0.3) is 0 Å². The van der Waals surface area contributed by atoms with Crippen LogP contribution in [0.5, 0.6) is 0 Å². The largest absolute Gasteiger partial charge is 0.339 e. The van der Waals surface area contributed by atoms with Crippen LogP contribution in [0.15, 0.2) is 22.7 Å². The van der Waals surface area contributed by atoms with E-state index in [-0.39, 0.29) is 21.5 Å². The summed E-state index contributed by atoms with van der Waals surface area (Å²) in [5.74, 6) is -0.143. The average molecular weight is 341 g/mol. The first-order valence-electron chi connectivity index (χ1n) is 6.54. The van der Waals surface area contributed by atoms with E-state index in [1.54, 1.807) is 17.0 Å². The molecular weight excluding hydrogens is 324 g/mol. The molecule has 1 aliphatic rings. The van der Waals surface area contributed by atoms with Gasteiger partial charge in [0, 0.05) is 19.2 Å². The molecule has 0 radical (unpaired) electrons. The minimum atomic E-state index is -0.486. The molecule has 0 aromatic heterocycles. The Labute approximate surface area is 126 Å². The molecule has 0 spiro atoms. The molecule has 1 aliphatic heterocycles. The second-order valence-corrected chi connectivity index (χ2v) is 6.65. The smallest absolute Gasteiger partial charge is 0.284 e. The highest BCUT2D eigenvalue weighted by molar-refractivity contribution is 9.10. The quantitative estimate of drug-likeness (QED) is 0.610. The molecule has 0 atom stereocenters. The van der Waals surface area contributed by atoms with E-state index in [1.807, 2.05) is 0 Å². The molecule has 1 saturated heterocycles. The third-order valence-corrected chi connectivity index (χ3v) is 4.64. The maximum absolute atomic E-state index is 12.5. The van der Waals surface area contributed by atoms with Gasteiger partial charge in [-0.15, -0.1) is 0 Å². The number of piperidine rings is 1. The predicted octanol–water partition coefficient (Wildman–Crippen LogP) is 3.62. The summed E-state index contributed by atoms with van der Waals surface area (Å²) in [6.45, 7) is 5.78. The number of hydrogen-bond acceptors (Lipinski definition) is 3. The highest BCUT2D eigenvalue weighted by Crippen LogP contribution is 2.33. The highest BCUT2D eigenvalue weighted by Gasteiger charge is 2.30. The molecule has 5 nitrogen and oxygen atoms in total. The van der Waals surface area contributed by atoms with Crippen molar-refractivity contribution >= 4 is 27.5 Å². The number of hydrogen-bond donors (Lipinski definition) is 0. The molecular formula is C14H17BrN2O3. The van der Waals surface area contributed by atoms with Crippen LogP contribution in [0.3, 0.4) is 0 Å². The van der Waals surface area contributed by atoms with Gasteiger partial charge in [0.25, 0.3) is 11.6 Å². The summed E-state index contributed by atoms with van der Waals surface area (Å²) in [4.78, 5) is 24.7. The van der Waals surface area contributed by atoms with Crippen LogP contribution in [0.4, 0.5) is 5.69 Å². The lowest BCUT2D eigenvalue weighted by molar-refractivity contribution is -0.385. The van der Waals surface area contributed by atoms with Gasteiger partial charge in [-0.2, -0.15) is 0 Å². The fourth-order valence-corrected chi connectivity index (χ4v) is 2.89. The van der Waals surface area contributed by atoms with Gasteiger partial charge in [0.2, 0.25) is 0 Å². The van der Waals surface area contributed by atoms with Crippen LogP contribution in [-0.4, -0.2) is 28.8 Å². The second kappa shape index (κ2) is 5.52. The van der Waals surface area contributed by atoms with E-state index < -0.39 is 4.92 Å². The van der Waals surface area contributed by atoms with E-state index in [1.165, 1.54) is 6.07 Å². The fraction of sp³-hybridized carbons (Fsp3) is 0.500. The first kappa shape index (κ1) is 15.0. The topological polar surface area (TPSA) is 63.5 Å². The standard InChI is InChI=1S/C14H17BrN2O3/c1-14(2)6-8-16(9-7-14)13(18)10-4-3-5-11(12(10)15)17(19)20/h3-5H,6-9H2,1-2H3. The van der Waals surface area contributed by atoms with E-state index in [9.17, 15) is 14.9 Å². The molecule has 1 amide bonds. The van der Waals surface area contributed by atoms with Crippen molar-refractivity contribution in [1.82, 2.24) is 4.90 Å². The SMILES string of the molecule is CC1(C)CCN(C(=O)c2cccc([N+](=O)[O-])c2Br)CC1. The number of likely N-dealkylation sites (tertiary alicyclic amines) is 1. The normalized spacial score (nSPS) is 17.9. The van der Waals surface area contributed by atoms with Gasteiger partial charge >= 0.3 is 0 Å². The Kier molecular flexibility index (Phi) is 4.13. The van der Waals surface area contributed by atoms with Crippen LogP contribution in [0.2, 0.25) is 0 Å². The Bertz CT molecular complexity index is 547. The molecule has 1 aromatic rings. The average Bonchev–Trinajstić information content (AvgIpc) is 2.38. The van der Waals surface area contributed by atoms with Crippen LogP contribution in [-0.2, 0) is 0 Å². The van der Waals surface area contributed by atoms with Crippen LogP contribution in [0, 0.1) is 15.5 Å².